The Kier molecular flexibility index (Phi) is 3.79. The third kappa shape index (κ3) is 2.72. The van der Waals surface area contributed by atoms with Gasteiger partial charge in [-0.1, -0.05) is 73.7 Å². The standard InChI is InChI=1S/C26H21N/c1-2-18-12-13-20(16-23(18)19-8-4-3-5-9-19)21-14-15-26-24(17-21)22-10-6-7-11-25(22)27-26/h3-17,27H,2H2,1H3. The monoisotopic (exact) mass is 347 g/mol. The van der Waals surface area contributed by atoms with Crippen LogP contribution in [-0.2, 0) is 6.42 Å². The van der Waals surface area contributed by atoms with Crippen LogP contribution in [0.4, 0.5) is 0 Å². The van der Waals surface area contributed by atoms with E-state index in [9.17, 15) is 0 Å². The minimum atomic E-state index is 1.03. The third-order valence-electron chi connectivity index (χ3n) is 5.42. The Hall–Kier alpha value is -3.32. The van der Waals surface area contributed by atoms with Crippen LogP contribution in [0, 0.1) is 0 Å². The van der Waals surface area contributed by atoms with E-state index in [-0.39, 0.29) is 0 Å². The minimum absolute atomic E-state index is 1.03. The molecule has 1 heteroatoms. The molecule has 0 spiro atoms. The van der Waals surface area contributed by atoms with Crippen molar-refractivity contribution in [3.8, 4) is 22.3 Å². The van der Waals surface area contributed by atoms with Gasteiger partial charge in [0.05, 0.1) is 0 Å². The van der Waals surface area contributed by atoms with Crippen LogP contribution in [0.15, 0.2) is 91.0 Å². The number of benzene rings is 4. The maximum atomic E-state index is 3.51. The highest BCUT2D eigenvalue weighted by molar-refractivity contribution is 6.08. The molecule has 0 bridgehead atoms. The van der Waals surface area contributed by atoms with Crippen molar-refractivity contribution in [1.82, 2.24) is 4.98 Å². The van der Waals surface area contributed by atoms with Gasteiger partial charge >= 0.3 is 0 Å². The highest BCUT2D eigenvalue weighted by atomic mass is 14.7. The molecule has 0 aliphatic heterocycles. The molecule has 5 aromatic rings. The summed E-state index contributed by atoms with van der Waals surface area (Å²) in [4.78, 5) is 3.51. The van der Waals surface area contributed by atoms with Gasteiger partial charge in [0.2, 0.25) is 0 Å². The highest BCUT2D eigenvalue weighted by Gasteiger charge is 2.09. The van der Waals surface area contributed by atoms with Crippen molar-refractivity contribution in [3.63, 3.8) is 0 Å². The van der Waals surface area contributed by atoms with Crippen molar-refractivity contribution >= 4 is 21.8 Å². The van der Waals surface area contributed by atoms with Gasteiger partial charge in [-0.05, 0) is 58.5 Å². The fourth-order valence-electron chi connectivity index (χ4n) is 3.98. The molecule has 27 heavy (non-hydrogen) atoms. The van der Waals surface area contributed by atoms with E-state index in [1.807, 2.05) is 0 Å². The molecule has 130 valence electrons. The lowest BCUT2D eigenvalue weighted by Crippen LogP contribution is -1.89. The van der Waals surface area contributed by atoms with E-state index in [0.29, 0.717) is 0 Å². The number of aromatic nitrogens is 1. The van der Waals surface area contributed by atoms with Gasteiger partial charge in [0.15, 0.2) is 0 Å². The van der Waals surface area contributed by atoms with Crippen LogP contribution < -0.4 is 0 Å². The second kappa shape index (κ2) is 6.44. The summed E-state index contributed by atoms with van der Waals surface area (Å²) >= 11 is 0. The summed E-state index contributed by atoms with van der Waals surface area (Å²) < 4.78 is 0. The van der Waals surface area contributed by atoms with Crippen molar-refractivity contribution in [2.24, 2.45) is 0 Å². The van der Waals surface area contributed by atoms with E-state index in [2.05, 4.69) is 103 Å². The zero-order valence-corrected chi connectivity index (χ0v) is 15.4. The number of hydrogen-bond donors (Lipinski definition) is 1. The first-order chi connectivity index (χ1) is 13.3. The van der Waals surface area contributed by atoms with E-state index in [1.54, 1.807) is 0 Å². The number of nitrogens with one attached hydrogen (secondary N) is 1. The fourth-order valence-corrected chi connectivity index (χ4v) is 3.98. The molecule has 0 saturated carbocycles. The van der Waals surface area contributed by atoms with Gasteiger partial charge in [-0.25, -0.2) is 0 Å². The number of fused-ring (bicyclic) bond motifs is 3. The zero-order chi connectivity index (χ0) is 18.2. The molecule has 0 aliphatic carbocycles. The van der Waals surface area contributed by atoms with Crippen LogP contribution >= 0.6 is 0 Å². The fraction of sp³-hybridized carbons (Fsp3) is 0.0769. The Morgan fingerprint density at radius 3 is 2.15 bits per heavy atom. The van der Waals surface area contributed by atoms with Crippen LogP contribution in [0.1, 0.15) is 12.5 Å². The molecule has 0 unspecified atom stereocenters. The van der Waals surface area contributed by atoms with Gasteiger partial charge < -0.3 is 4.98 Å². The van der Waals surface area contributed by atoms with Gasteiger partial charge in [0.25, 0.3) is 0 Å². The van der Waals surface area contributed by atoms with Gasteiger partial charge in [-0.15, -0.1) is 0 Å². The molecule has 0 atom stereocenters. The topological polar surface area (TPSA) is 15.8 Å². The van der Waals surface area contributed by atoms with Gasteiger partial charge in [-0.2, -0.15) is 0 Å². The largest absolute Gasteiger partial charge is 0.355 e. The van der Waals surface area contributed by atoms with Gasteiger partial charge in [0, 0.05) is 21.8 Å². The summed E-state index contributed by atoms with van der Waals surface area (Å²) in [5.74, 6) is 0. The van der Waals surface area contributed by atoms with Crippen molar-refractivity contribution in [2.75, 3.05) is 0 Å². The Labute approximate surface area is 159 Å². The minimum Gasteiger partial charge on any atom is -0.355 e. The predicted molar refractivity (Wildman–Crippen MR) is 116 cm³/mol. The van der Waals surface area contributed by atoms with Crippen molar-refractivity contribution in [3.05, 3.63) is 96.6 Å². The summed E-state index contributed by atoms with van der Waals surface area (Å²) in [6.45, 7) is 2.22. The Morgan fingerprint density at radius 2 is 1.30 bits per heavy atom. The van der Waals surface area contributed by atoms with E-state index in [4.69, 9.17) is 0 Å². The predicted octanol–water partition coefficient (Wildman–Crippen LogP) is 7.22. The molecule has 5 rings (SSSR count). The smallest absolute Gasteiger partial charge is 0.0465 e. The first-order valence-corrected chi connectivity index (χ1v) is 9.52. The molecular formula is C26H21N. The SMILES string of the molecule is CCc1ccc(-c2ccc3[nH]c4ccccc4c3c2)cc1-c1ccccc1. The number of H-pyrrole nitrogens is 1. The third-order valence-corrected chi connectivity index (χ3v) is 5.42. The molecule has 0 amide bonds. The number of para-hydroxylation sites is 1. The molecule has 1 N–H and O–H groups in total. The molecule has 0 aliphatic rings. The molecule has 1 aromatic heterocycles. The number of aromatic amines is 1. The number of rotatable bonds is 3. The van der Waals surface area contributed by atoms with Gasteiger partial charge in [0.1, 0.15) is 0 Å². The summed E-state index contributed by atoms with van der Waals surface area (Å²) in [5.41, 5.74) is 8.90. The quantitative estimate of drug-likeness (QED) is 0.355. The molecule has 1 heterocycles. The Bertz CT molecular complexity index is 1250. The summed E-state index contributed by atoms with van der Waals surface area (Å²) in [6, 6.07) is 32.8. The van der Waals surface area contributed by atoms with Crippen LogP contribution in [0.3, 0.4) is 0 Å². The van der Waals surface area contributed by atoms with E-state index in [1.165, 1.54) is 49.6 Å². The second-order valence-electron chi connectivity index (χ2n) is 7.02. The second-order valence-corrected chi connectivity index (χ2v) is 7.02. The normalized spacial score (nSPS) is 11.3. The first kappa shape index (κ1) is 15.9. The lowest BCUT2D eigenvalue weighted by molar-refractivity contribution is 1.14. The Balaban J connectivity index is 1.69. The molecule has 0 radical (unpaired) electrons. The summed E-state index contributed by atoms with van der Waals surface area (Å²) in [7, 11) is 0. The highest BCUT2D eigenvalue weighted by Crippen LogP contribution is 2.33. The molecular weight excluding hydrogens is 326 g/mol. The maximum absolute atomic E-state index is 3.51. The lowest BCUT2D eigenvalue weighted by Gasteiger charge is -2.11. The van der Waals surface area contributed by atoms with Crippen molar-refractivity contribution in [2.45, 2.75) is 13.3 Å². The molecule has 0 fully saturated rings. The molecule has 4 aromatic carbocycles. The number of aryl methyl sites for hydroxylation is 1. The van der Waals surface area contributed by atoms with Crippen molar-refractivity contribution in [1.29, 1.82) is 0 Å². The van der Waals surface area contributed by atoms with E-state index >= 15 is 0 Å². The average Bonchev–Trinajstić information content (AvgIpc) is 3.12. The van der Waals surface area contributed by atoms with Crippen molar-refractivity contribution < 1.29 is 0 Å². The maximum Gasteiger partial charge on any atom is 0.0465 e. The first-order valence-electron chi connectivity index (χ1n) is 9.52. The summed E-state index contributed by atoms with van der Waals surface area (Å²) in [5, 5.41) is 2.56. The number of hydrogen-bond acceptors (Lipinski definition) is 0. The van der Waals surface area contributed by atoms with E-state index in [0.717, 1.165) is 6.42 Å². The molecule has 1 nitrogen and oxygen atoms in total. The van der Waals surface area contributed by atoms with Crippen LogP contribution in [0.5, 0.6) is 0 Å². The summed E-state index contributed by atoms with van der Waals surface area (Å²) in [6.07, 6.45) is 1.03. The average molecular weight is 347 g/mol. The zero-order valence-electron chi connectivity index (χ0n) is 15.4. The molecule has 0 saturated heterocycles. The van der Waals surface area contributed by atoms with E-state index < -0.39 is 0 Å². The Morgan fingerprint density at radius 1 is 0.593 bits per heavy atom. The van der Waals surface area contributed by atoms with Crippen LogP contribution in [-0.4, -0.2) is 4.98 Å². The van der Waals surface area contributed by atoms with Crippen LogP contribution in [0.2, 0.25) is 0 Å². The van der Waals surface area contributed by atoms with Crippen LogP contribution in [0.25, 0.3) is 44.1 Å². The van der Waals surface area contributed by atoms with Gasteiger partial charge in [-0.3, -0.25) is 0 Å². The lowest BCUT2D eigenvalue weighted by atomic mass is 9.93.